The molecule has 0 aromatic carbocycles. The van der Waals surface area contributed by atoms with E-state index >= 15 is 0 Å². The molecule has 1 N–H and O–H groups in total. The molecule has 5 heteroatoms. The van der Waals surface area contributed by atoms with E-state index in [-0.39, 0.29) is 0 Å². The molecule has 2 heterocycles. The minimum absolute atomic E-state index is 0.376. The zero-order valence-corrected chi connectivity index (χ0v) is 10.8. The molecular formula is C11H21N3OS. The van der Waals surface area contributed by atoms with E-state index in [2.05, 4.69) is 22.0 Å². The van der Waals surface area contributed by atoms with Crippen LogP contribution in [-0.2, 0) is 4.74 Å². The molecule has 2 aliphatic heterocycles. The van der Waals surface area contributed by atoms with Crippen LogP contribution in [0.1, 0.15) is 26.2 Å². The highest BCUT2D eigenvalue weighted by molar-refractivity contribution is 7.80. The fourth-order valence-corrected chi connectivity index (χ4v) is 2.48. The van der Waals surface area contributed by atoms with Crippen LogP contribution in [0.2, 0.25) is 0 Å². The van der Waals surface area contributed by atoms with Crippen LogP contribution >= 0.6 is 12.2 Å². The molecule has 2 saturated heterocycles. The summed E-state index contributed by atoms with van der Waals surface area (Å²) < 4.78 is 5.65. The van der Waals surface area contributed by atoms with Crippen LogP contribution in [0.4, 0.5) is 0 Å². The van der Waals surface area contributed by atoms with Crippen LogP contribution in [-0.4, -0.2) is 54.0 Å². The van der Waals surface area contributed by atoms with Crippen molar-refractivity contribution in [2.24, 2.45) is 0 Å². The van der Waals surface area contributed by atoms with Crippen molar-refractivity contribution < 1.29 is 4.74 Å². The maximum Gasteiger partial charge on any atom is 0.171 e. The monoisotopic (exact) mass is 243 g/mol. The van der Waals surface area contributed by atoms with E-state index in [4.69, 9.17) is 17.0 Å². The second-order valence-corrected chi connectivity index (χ2v) is 4.92. The summed E-state index contributed by atoms with van der Waals surface area (Å²) in [4.78, 5) is 4.61. The molecule has 2 aliphatic rings. The maximum absolute atomic E-state index is 5.65. The number of hydrogen-bond acceptors (Lipinski definition) is 3. The second-order valence-electron chi connectivity index (χ2n) is 4.53. The highest BCUT2D eigenvalue weighted by Crippen LogP contribution is 2.14. The molecule has 92 valence electrons. The van der Waals surface area contributed by atoms with Gasteiger partial charge in [-0.05, 0) is 31.5 Å². The highest BCUT2D eigenvalue weighted by atomic mass is 32.1. The summed E-state index contributed by atoms with van der Waals surface area (Å²) in [6.07, 6.45) is 3.92. The van der Waals surface area contributed by atoms with E-state index in [1.165, 1.54) is 19.3 Å². The summed E-state index contributed by atoms with van der Waals surface area (Å²) in [5, 5.41) is 4.15. The summed E-state index contributed by atoms with van der Waals surface area (Å²) in [6.45, 7) is 7.01. The molecule has 0 radical (unpaired) electrons. The summed E-state index contributed by atoms with van der Waals surface area (Å²) in [6, 6.07) is 0. The van der Waals surface area contributed by atoms with Crippen molar-refractivity contribution in [3.63, 3.8) is 0 Å². The lowest BCUT2D eigenvalue weighted by Gasteiger charge is -2.38. The van der Waals surface area contributed by atoms with E-state index in [0.717, 1.165) is 38.1 Å². The minimum atomic E-state index is 0.376. The molecule has 0 spiro atoms. The molecular weight excluding hydrogens is 222 g/mol. The van der Waals surface area contributed by atoms with Crippen molar-refractivity contribution in [1.82, 2.24) is 15.1 Å². The first-order valence-electron chi connectivity index (χ1n) is 6.16. The molecule has 0 unspecified atom stereocenters. The molecule has 4 nitrogen and oxygen atoms in total. The van der Waals surface area contributed by atoms with Crippen LogP contribution < -0.4 is 5.32 Å². The Labute approximate surface area is 103 Å². The highest BCUT2D eigenvalue weighted by Gasteiger charge is 2.24. The van der Waals surface area contributed by atoms with Gasteiger partial charge in [0, 0.05) is 19.7 Å². The number of nitrogens with zero attached hydrogens (tertiary/aromatic N) is 2. The van der Waals surface area contributed by atoms with Gasteiger partial charge in [-0.3, -0.25) is 4.90 Å². The molecule has 0 aliphatic carbocycles. The molecule has 0 aromatic rings. The normalized spacial score (nSPS) is 27.2. The van der Waals surface area contributed by atoms with Gasteiger partial charge in [0.05, 0.1) is 19.4 Å². The maximum atomic E-state index is 5.65. The molecule has 16 heavy (non-hydrogen) atoms. The van der Waals surface area contributed by atoms with E-state index in [9.17, 15) is 0 Å². The van der Waals surface area contributed by atoms with Crippen molar-refractivity contribution in [3.05, 3.63) is 0 Å². The zero-order chi connectivity index (χ0) is 11.4. The molecule has 2 fully saturated rings. The average molecular weight is 243 g/mol. The molecule has 0 bridgehead atoms. The van der Waals surface area contributed by atoms with Gasteiger partial charge in [0.25, 0.3) is 0 Å². The number of ether oxygens (including phenoxy) is 1. The Hall–Kier alpha value is -0.390. The quantitative estimate of drug-likeness (QED) is 0.743. The first-order chi connectivity index (χ1) is 7.79. The Morgan fingerprint density at radius 3 is 3.12 bits per heavy atom. The van der Waals surface area contributed by atoms with Crippen molar-refractivity contribution >= 4 is 17.3 Å². The molecule has 0 saturated carbocycles. The van der Waals surface area contributed by atoms with Crippen LogP contribution in [0.3, 0.4) is 0 Å². The third-order valence-electron chi connectivity index (χ3n) is 3.10. The Morgan fingerprint density at radius 2 is 2.44 bits per heavy atom. The van der Waals surface area contributed by atoms with Gasteiger partial charge in [0.2, 0.25) is 0 Å². The van der Waals surface area contributed by atoms with Crippen molar-refractivity contribution in [1.29, 1.82) is 0 Å². The Kier molecular flexibility index (Phi) is 4.37. The smallest absolute Gasteiger partial charge is 0.171 e. The third kappa shape index (κ3) is 3.06. The summed E-state index contributed by atoms with van der Waals surface area (Å²) in [5.41, 5.74) is 0. The Balaban J connectivity index is 1.82. The first kappa shape index (κ1) is 12.1. The number of nitrogens with one attached hydrogen (secondary N) is 1. The van der Waals surface area contributed by atoms with Crippen LogP contribution in [0.15, 0.2) is 0 Å². The van der Waals surface area contributed by atoms with Gasteiger partial charge >= 0.3 is 0 Å². The fraction of sp³-hybridized carbons (Fsp3) is 0.909. The molecule has 2 rings (SSSR count). The lowest BCUT2D eigenvalue weighted by molar-refractivity contribution is 0.0659. The van der Waals surface area contributed by atoms with E-state index in [0.29, 0.717) is 6.10 Å². The van der Waals surface area contributed by atoms with Gasteiger partial charge in [-0.1, -0.05) is 6.92 Å². The van der Waals surface area contributed by atoms with Gasteiger partial charge in [0.1, 0.15) is 0 Å². The van der Waals surface area contributed by atoms with E-state index in [1.54, 1.807) is 0 Å². The van der Waals surface area contributed by atoms with Crippen molar-refractivity contribution in [3.8, 4) is 0 Å². The summed E-state index contributed by atoms with van der Waals surface area (Å²) in [7, 11) is 0. The van der Waals surface area contributed by atoms with Gasteiger partial charge in [-0.15, -0.1) is 0 Å². The Bertz CT molecular complexity index is 243. The average Bonchev–Trinajstić information content (AvgIpc) is 2.76. The largest absolute Gasteiger partial charge is 0.376 e. The van der Waals surface area contributed by atoms with E-state index < -0.39 is 0 Å². The van der Waals surface area contributed by atoms with Crippen molar-refractivity contribution in [2.45, 2.75) is 32.3 Å². The van der Waals surface area contributed by atoms with Gasteiger partial charge in [0.15, 0.2) is 5.11 Å². The van der Waals surface area contributed by atoms with Crippen molar-refractivity contribution in [2.75, 3.05) is 33.0 Å². The zero-order valence-electron chi connectivity index (χ0n) is 9.95. The van der Waals surface area contributed by atoms with Crippen LogP contribution in [0.25, 0.3) is 0 Å². The molecule has 1 atom stereocenters. The summed E-state index contributed by atoms with van der Waals surface area (Å²) >= 11 is 5.33. The minimum Gasteiger partial charge on any atom is -0.376 e. The Morgan fingerprint density at radius 1 is 1.56 bits per heavy atom. The first-order valence-corrected chi connectivity index (χ1v) is 6.57. The van der Waals surface area contributed by atoms with Crippen LogP contribution in [0.5, 0.6) is 0 Å². The standard InChI is InChI=1S/C11H21N3OS/c1-2-5-13-8-12-11(16)14(9-13)7-10-4-3-6-15-10/h10H,2-9H2,1H3,(H,12,16)/t10-/m0/s1. The predicted molar refractivity (Wildman–Crippen MR) is 68.1 cm³/mol. The van der Waals surface area contributed by atoms with Gasteiger partial charge in [-0.2, -0.15) is 0 Å². The topological polar surface area (TPSA) is 27.7 Å². The molecule has 0 aromatic heterocycles. The predicted octanol–water partition coefficient (Wildman–Crippen LogP) is 0.982. The van der Waals surface area contributed by atoms with Crippen LogP contribution in [0, 0.1) is 0 Å². The molecule has 0 amide bonds. The number of rotatable bonds is 4. The number of thiocarbonyl (C=S) groups is 1. The lowest BCUT2D eigenvalue weighted by atomic mass is 10.2. The third-order valence-corrected chi connectivity index (χ3v) is 3.50. The summed E-state index contributed by atoms with van der Waals surface area (Å²) in [5.74, 6) is 0. The lowest BCUT2D eigenvalue weighted by Crippen LogP contribution is -2.57. The fourth-order valence-electron chi connectivity index (χ4n) is 2.29. The number of hydrogen-bond donors (Lipinski definition) is 1. The SMILES string of the molecule is CCCN1CNC(=S)N(C[C@@H]2CCCO2)C1. The van der Waals surface area contributed by atoms with Gasteiger partial charge in [-0.25, -0.2) is 0 Å². The van der Waals surface area contributed by atoms with E-state index in [1.807, 2.05) is 0 Å². The van der Waals surface area contributed by atoms with Gasteiger partial charge < -0.3 is 15.0 Å². The second kappa shape index (κ2) is 5.80.